The number of esters is 1. The fourth-order valence-electron chi connectivity index (χ4n) is 4.28. The first kappa shape index (κ1) is 24.7. The average molecular weight is 456 g/mol. The molecule has 2 aromatic carbocycles. The van der Waals surface area contributed by atoms with Gasteiger partial charge in [0.2, 0.25) is 5.82 Å². The van der Waals surface area contributed by atoms with E-state index in [2.05, 4.69) is 19.1 Å². The van der Waals surface area contributed by atoms with Crippen LogP contribution in [0.25, 0.3) is 0 Å². The molecule has 2 aromatic rings. The van der Waals surface area contributed by atoms with Crippen molar-refractivity contribution in [2.45, 2.75) is 70.6 Å². The van der Waals surface area contributed by atoms with E-state index in [4.69, 9.17) is 14.7 Å². The van der Waals surface area contributed by atoms with Crippen molar-refractivity contribution in [3.05, 3.63) is 59.2 Å². The van der Waals surface area contributed by atoms with Crippen molar-refractivity contribution in [2.75, 3.05) is 6.61 Å². The number of halogens is 2. The van der Waals surface area contributed by atoms with Gasteiger partial charge < -0.3 is 9.47 Å². The van der Waals surface area contributed by atoms with Gasteiger partial charge >= 0.3 is 5.97 Å². The minimum atomic E-state index is -1.31. The van der Waals surface area contributed by atoms with E-state index in [0.29, 0.717) is 18.8 Å². The molecule has 1 saturated carbocycles. The van der Waals surface area contributed by atoms with Crippen molar-refractivity contribution in [3.63, 3.8) is 0 Å². The van der Waals surface area contributed by atoms with Crippen LogP contribution < -0.4 is 9.47 Å². The molecular weight excluding hydrogens is 424 g/mol. The first-order valence-corrected chi connectivity index (χ1v) is 11.9. The molecule has 0 unspecified atom stereocenters. The van der Waals surface area contributed by atoms with Gasteiger partial charge in [-0.25, -0.2) is 4.39 Å². The summed E-state index contributed by atoms with van der Waals surface area (Å²) < 4.78 is 38.7. The third kappa shape index (κ3) is 6.77. The van der Waals surface area contributed by atoms with Gasteiger partial charge in [-0.2, -0.15) is 9.65 Å². The maximum absolute atomic E-state index is 14.0. The van der Waals surface area contributed by atoms with Crippen LogP contribution in [0.1, 0.15) is 81.8 Å². The van der Waals surface area contributed by atoms with Crippen molar-refractivity contribution in [3.8, 4) is 17.6 Å². The number of nitrogens with zero attached hydrogens (tertiary/aromatic N) is 1. The molecule has 0 amide bonds. The summed E-state index contributed by atoms with van der Waals surface area (Å²) in [6, 6.07) is 12.0. The van der Waals surface area contributed by atoms with Crippen molar-refractivity contribution in [1.29, 1.82) is 5.26 Å². The molecular formula is C27H31F2NO3. The Balaban J connectivity index is 1.45. The van der Waals surface area contributed by atoms with Gasteiger partial charge in [0.25, 0.3) is 0 Å². The molecule has 0 bridgehead atoms. The Labute approximate surface area is 194 Å². The third-order valence-corrected chi connectivity index (χ3v) is 6.31. The largest absolute Gasteiger partial charge is 0.494 e. The molecule has 0 saturated heterocycles. The number of hydrogen-bond acceptors (Lipinski definition) is 4. The summed E-state index contributed by atoms with van der Waals surface area (Å²) in [6.07, 6.45) is 8.93. The van der Waals surface area contributed by atoms with E-state index in [9.17, 15) is 13.6 Å². The molecule has 0 aromatic heterocycles. The predicted octanol–water partition coefficient (Wildman–Crippen LogP) is 7.07. The van der Waals surface area contributed by atoms with Gasteiger partial charge in [-0.1, -0.05) is 44.7 Å². The smallest absolute Gasteiger partial charge is 0.314 e. The van der Waals surface area contributed by atoms with Gasteiger partial charge in [-0.15, -0.1) is 0 Å². The summed E-state index contributed by atoms with van der Waals surface area (Å²) in [7, 11) is 0. The van der Waals surface area contributed by atoms with E-state index >= 15 is 0 Å². The lowest BCUT2D eigenvalue weighted by atomic mass is 9.79. The number of rotatable bonds is 10. The highest BCUT2D eigenvalue weighted by molar-refractivity contribution is 5.75. The molecule has 0 heterocycles. The normalized spacial score (nSPS) is 17.9. The minimum Gasteiger partial charge on any atom is -0.494 e. The Hall–Kier alpha value is -2.94. The number of ether oxygens (including phenoxy) is 2. The lowest BCUT2D eigenvalue weighted by Gasteiger charge is -2.27. The maximum Gasteiger partial charge on any atom is 0.314 e. The number of benzene rings is 2. The van der Waals surface area contributed by atoms with Crippen LogP contribution in [0.2, 0.25) is 0 Å². The number of unbranched alkanes of at least 4 members (excludes halogenated alkanes) is 4. The van der Waals surface area contributed by atoms with Crippen molar-refractivity contribution < 1.29 is 23.0 Å². The van der Waals surface area contributed by atoms with Gasteiger partial charge in [-0.3, -0.25) is 4.79 Å². The molecule has 1 aliphatic carbocycles. The van der Waals surface area contributed by atoms with Crippen LogP contribution in [0.3, 0.4) is 0 Å². The van der Waals surface area contributed by atoms with Crippen LogP contribution in [0.5, 0.6) is 11.5 Å². The molecule has 0 N–H and O–H groups in total. The number of carbonyl (C=O) groups excluding carboxylic acids is 1. The zero-order valence-electron chi connectivity index (χ0n) is 19.1. The van der Waals surface area contributed by atoms with Gasteiger partial charge in [0.15, 0.2) is 11.6 Å². The van der Waals surface area contributed by atoms with E-state index in [1.54, 1.807) is 6.07 Å². The molecule has 3 rings (SSSR count). The summed E-state index contributed by atoms with van der Waals surface area (Å²) in [6.45, 7) is 2.94. The summed E-state index contributed by atoms with van der Waals surface area (Å²) in [5, 5.41) is 8.76. The predicted molar refractivity (Wildman–Crippen MR) is 122 cm³/mol. The van der Waals surface area contributed by atoms with E-state index in [-0.39, 0.29) is 5.92 Å². The Morgan fingerprint density at radius 3 is 2.33 bits per heavy atom. The molecule has 4 nitrogen and oxygen atoms in total. The Kier molecular flexibility index (Phi) is 9.24. The van der Waals surface area contributed by atoms with Crippen LogP contribution in [0.4, 0.5) is 8.78 Å². The monoisotopic (exact) mass is 455 g/mol. The van der Waals surface area contributed by atoms with E-state index in [0.717, 1.165) is 43.8 Å². The number of carbonyl (C=O) groups is 1. The quantitative estimate of drug-likeness (QED) is 0.218. The second-order valence-electron chi connectivity index (χ2n) is 8.65. The Bertz CT molecular complexity index is 961. The van der Waals surface area contributed by atoms with Crippen LogP contribution in [0.15, 0.2) is 36.4 Å². The van der Waals surface area contributed by atoms with E-state index < -0.39 is 28.9 Å². The molecule has 0 radical (unpaired) electrons. The van der Waals surface area contributed by atoms with Gasteiger partial charge in [0, 0.05) is 0 Å². The molecule has 0 aliphatic heterocycles. The first-order valence-electron chi connectivity index (χ1n) is 11.9. The highest BCUT2D eigenvalue weighted by Gasteiger charge is 2.29. The zero-order valence-corrected chi connectivity index (χ0v) is 19.1. The summed E-state index contributed by atoms with van der Waals surface area (Å²) in [5.74, 6) is -2.76. The van der Waals surface area contributed by atoms with Crippen LogP contribution >= 0.6 is 0 Å². The van der Waals surface area contributed by atoms with Gasteiger partial charge in [0.05, 0.1) is 18.1 Å². The van der Waals surface area contributed by atoms with E-state index in [1.807, 2.05) is 12.1 Å². The minimum absolute atomic E-state index is 0.348. The molecule has 6 heteroatoms. The van der Waals surface area contributed by atoms with Crippen LogP contribution in [-0.2, 0) is 4.79 Å². The maximum atomic E-state index is 14.0. The molecule has 33 heavy (non-hydrogen) atoms. The second kappa shape index (κ2) is 12.3. The first-order chi connectivity index (χ1) is 16.0. The highest BCUT2D eigenvalue weighted by atomic mass is 19.2. The summed E-state index contributed by atoms with van der Waals surface area (Å²) in [4.78, 5) is 12.5. The lowest BCUT2D eigenvalue weighted by Crippen LogP contribution is -2.25. The molecule has 1 aliphatic rings. The van der Waals surface area contributed by atoms with E-state index in [1.165, 1.54) is 31.2 Å². The number of nitriles is 1. The standard InChI is InChI=1S/C27H31F2NO3/c1-2-3-4-5-6-17-32-23-14-11-20(12-15-23)19-7-9-21(10-8-19)27(31)33-24-16-13-22(18-30)25(28)26(24)29/h11-16,19,21H,2-10,17H2,1H3/t19-,21-. The number of hydrogen-bond donors (Lipinski definition) is 0. The Morgan fingerprint density at radius 2 is 1.67 bits per heavy atom. The Morgan fingerprint density at radius 1 is 0.970 bits per heavy atom. The van der Waals surface area contributed by atoms with Crippen LogP contribution in [0, 0.1) is 28.9 Å². The molecule has 0 atom stereocenters. The second-order valence-corrected chi connectivity index (χ2v) is 8.65. The third-order valence-electron chi connectivity index (χ3n) is 6.31. The molecule has 0 spiro atoms. The highest BCUT2D eigenvalue weighted by Crippen LogP contribution is 2.37. The molecule has 1 fully saturated rings. The summed E-state index contributed by atoms with van der Waals surface area (Å²) in [5.41, 5.74) is 0.800. The SMILES string of the molecule is CCCCCCCOc1ccc([C@H]2CC[C@H](C(=O)Oc3ccc(C#N)c(F)c3F)CC2)cc1. The fraction of sp³-hybridized carbons (Fsp3) is 0.481. The van der Waals surface area contributed by atoms with Gasteiger partial charge in [0.1, 0.15) is 11.8 Å². The lowest BCUT2D eigenvalue weighted by molar-refractivity contribution is -0.140. The zero-order chi connectivity index (χ0) is 23.6. The summed E-state index contributed by atoms with van der Waals surface area (Å²) >= 11 is 0. The topological polar surface area (TPSA) is 59.3 Å². The van der Waals surface area contributed by atoms with Crippen LogP contribution in [-0.4, -0.2) is 12.6 Å². The van der Waals surface area contributed by atoms with Gasteiger partial charge in [-0.05, 0) is 67.9 Å². The molecule has 176 valence electrons. The van der Waals surface area contributed by atoms with Crippen molar-refractivity contribution in [1.82, 2.24) is 0 Å². The average Bonchev–Trinajstić information content (AvgIpc) is 2.85. The fourth-order valence-corrected chi connectivity index (χ4v) is 4.28. The van der Waals surface area contributed by atoms with Crippen molar-refractivity contribution >= 4 is 5.97 Å². The van der Waals surface area contributed by atoms with Crippen molar-refractivity contribution in [2.24, 2.45) is 5.92 Å².